The summed E-state index contributed by atoms with van der Waals surface area (Å²) < 4.78 is 2.08. The Kier molecular flexibility index (Phi) is 3.27. The maximum Gasteiger partial charge on any atom is 0.126 e. The van der Waals surface area contributed by atoms with Crippen molar-refractivity contribution in [3.8, 4) is 0 Å². The van der Waals surface area contributed by atoms with Crippen LogP contribution in [0.4, 0.5) is 0 Å². The molecule has 20 heavy (non-hydrogen) atoms. The monoisotopic (exact) mass is 293 g/mol. The second kappa shape index (κ2) is 4.72. The van der Waals surface area contributed by atoms with E-state index in [4.69, 9.17) is 11.6 Å². The molecule has 1 aliphatic carbocycles. The molecule has 1 fully saturated rings. The SMILES string of the molecule is CC(NC1CC(C)(O)C1)c1nc2ccc(Cl)cc2n1C. The van der Waals surface area contributed by atoms with E-state index in [2.05, 4.69) is 21.8 Å². The zero-order chi connectivity index (χ0) is 14.5. The smallest absolute Gasteiger partial charge is 0.126 e. The number of rotatable bonds is 3. The first kappa shape index (κ1) is 13.9. The van der Waals surface area contributed by atoms with E-state index in [0.29, 0.717) is 6.04 Å². The average molecular weight is 294 g/mol. The summed E-state index contributed by atoms with van der Waals surface area (Å²) in [5.74, 6) is 0.994. The molecule has 0 bridgehead atoms. The molecule has 1 aliphatic rings. The maximum absolute atomic E-state index is 9.79. The molecule has 0 amide bonds. The van der Waals surface area contributed by atoms with Crippen LogP contribution in [0.25, 0.3) is 11.0 Å². The van der Waals surface area contributed by atoms with E-state index in [-0.39, 0.29) is 6.04 Å². The molecule has 1 aromatic carbocycles. The van der Waals surface area contributed by atoms with Gasteiger partial charge in [0.25, 0.3) is 0 Å². The number of nitrogens with zero attached hydrogens (tertiary/aromatic N) is 2. The lowest BCUT2D eigenvalue weighted by atomic mass is 9.77. The van der Waals surface area contributed by atoms with Crippen LogP contribution in [0, 0.1) is 0 Å². The predicted molar refractivity (Wildman–Crippen MR) is 80.9 cm³/mol. The van der Waals surface area contributed by atoms with Crippen LogP contribution in [0.1, 0.15) is 38.6 Å². The topological polar surface area (TPSA) is 50.1 Å². The molecule has 1 atom stereocenters. The van der Waals surface area contributed by atoms with Crippen molar-refractivity contribution in [3.63, 3.8) is 0 Å². The molecule has 108 valence electrons. The predicted octanol–water partition coefficient (Wildman–Crippen LogP) is 2.79. The van der Waals surface area contributed by atoms with Gasteiger partial charge in [-0.05, 0) is 44.9 Å². The van der Waals surface area contributed by atoms with Crippen molar-refractivity contribution < 1.29 is 5.11 Å². The quantitative estimate of drug-likeness (QED) is 0.915. The number of fused-ring (bicyclic) bond motifs is 1. The lowest BCUT2D eigenvalue weighted by Crippen LogP contribution is -2.52. The fraction of sp³-hybridized carbons (Fsp3) is 0.533. The molecule has 1 unspecified atom stereocenters. The van der Waals surface area contributed by atoms with Gasteiger partial charge in [0, 0.05) is 18.1 Å². The van der Waals surface area contributed by atoms with Crippen molar-refractivity contribution in [1.82, 2.24) is 14.9 Å². The van der Waals surface area contributed by atoms with Crippen molar-refractivity contribution in [1.29, 1.82) is 0 Å². The Morgan fingerprint density at radius 2 is 2.20 bits per heavy atom. The minimum absolute atomic E-state index is 0.146. The molecule has 0 spiro atoms. The summed E-state index contributed by atoms with van der Waals surface area (Å²) in [5, 5.41) is 14.0. The van der Waals surface area contributed by atoms with Gasteiger partial charge in [-0.15, -0.1) is 0 Å². The third-order valence-electron chi connectivity index (χ3n) is 4.12. The van der Waals surface area contributed by atoms with Gasteiger partial charge in [-0.2, -0.15) is 0 Å². The third kappa shape index (κ3) is 2.43. The van der Waals surface area contributed by atoms with Crippen molar-refractivity contribution in [2.75, 3.05) is 0 Å². The Morgan fingerprint density at radius 3 is 2.85 bits per heavy atom. The van der Waals surface area contributed by atoms with Gasteiger partial charge in [-0.3, -0.25) is 0 Å². The van der Waals surface area contributed by atoms with Crippen molar-refractivity contribution >= 4 is 22.6 Å². The molecular weight excluding hydrogens is 274 g/mol. The number of hydrogen-bond acceptors (Lipinski definition) is 3. The summed E-state index contributed by atoms with van der Waals surface area (Å²) in [5.41, 5.74) is 1.50. The van der Waals surface area contributed by atoms with Gasteiger partial charge in [0.15, 0.2) is 0 Å². The molecule has 0 radical (unpaired) electrons. The van der Waals surface area contributed by atoms with Crippen molar-refractivity contribution in [2.24, 2.45) is 7.05 Å². The summed E-state index contributed by atoms with van der Waals surface area (Å²) in [6.45, 7) is 3.99. The first-order valence-corrected chi connectivity index (χ1v) is 7.34. The molecule has 4 nitrogen and oxygen atoms in total. The fourth-order valence-corrected chi connectivity index (χ4v) is 3.28. The second-order valence-corrected chi connectivity index (χ2v) is 6.59. The molecule has 1 saturated carbocycles. The minimum Gasteiger partial charge on any atom is -0.390 e. The molecule has 2 aromatic rings. The molecular formula is C15H20ClN3O. The van der Waals surface area contributed by atoms with E-state index in [0.717, 1.165) is 34.7 Å². The van der Waals surface area contributed by atoms with Gasteiger partial charge < -0.3 is 15.0 Å². The first-order chi connectivity index (χ1) is 9.35. The van der Waals surface area contributed by atoms with Crippen LogP contribution < -0.4 is 5.32 Å². The zero-order valence-corrected chi connectivity index (χ0v) is 12.8. The molecule has 3 rings (SSSR count). The molecule has 1 heterocycles. The molecule has 1 aromatic heterocycles. The number of benzene rings is 1. The molecule has 0 saturated heterocycles. The molecule has 5 heteroatoms. The normalized spacial score (nSPS) is 27.6. The Bertz CT molecular complexity index is 642. The van der Waals surface area contributed by atoms with Gasteiger partial charge in [0.05, 0.1) is 22.7 Å². The van der Waals surface area contributed by atoms with Gasteiger partial charge in [0.1, 0.15) is 5.82 Å². The second-order valence-electron chi connectivity index (χ2n) is 6.15. The van der Waals surface area contributed by atoms with Crippen LogP contribution in [0.15, 0.2) is 18.2 Å². The van der Waals surface area contributed by atoms with Crippen molar-refractivity contribution in [3.05, 3.63) is 29.0 Å². The third-order valence-corrected chi connectivity index (χ3v) is 4.36. The Morgan fingerprint density at radius 1 is 1.50 bits per heavy atom. The number of nitrogens with one attached hydrogen (secondary N) is 1. The molecule has 0 aliphatic heterocycles. The van der Waals surface area contributed by atoms with Crippen LogP contribution in [0.2, 0.25) is 5.02 Å². The van der Waals surface area contributed by atoms with E-state index < -0.39 is 5.60 Å². The highest BCUT2D eigenvalue weighted by atomic mass is 35.5. The summed E-state index contributed by atoms with van der Waals surface area (Å²) in [6.07, 6.45) is 1.60. The number of halogens is 1. The number of aliphatic hydroxyl groups is 1. The Hall–Kier alpha value is -1.10. The number of imidazole rings is 1. The summed E-state index contributed by atoms with van der Waals surface area (Å²) in [6, 6.07) is 6.26. The van der Waals surface area contributed by atoms with Crippen LogP contribution in [0.5, 0.6) is 0 Å². The van der Waals surface area contributed by atoms with Crippen molar-refractivity contribution in [2.45, 2.75) is 44.4 Å². The largest absolute Gasteiger partial charge is 0.390 e. The summed E-state index contributed by atoms with van der Waals surface area (Å²) >= 11 is 6.04. The zero-order valence-electron chi connectivity index (χ0n) is 12.0. The van der Waals surface area contributed by atoms with Crippen LogP contribution in [0.3, 0.4) is 0 Å². The Labute approximate surface area is 123 Å². The lowest BCUT2D eigenvalue weighted by Gasteiger charge is -2.42. The molecule has 2 N–H and O–H groups in total. The fourth-order valence-electron chi connectivity index (χ4n) is 3.12. The van der Waals surface area contributed by atoms with Gasteiger partial charge in [-0.25, -0.2) is 4.98 Å². The Balaban J connectivity index is 1.81. The highest BCUT2D eigenvalue weighted by molar-refractivity contribution is 6.31. The number of aromatic nitrogens is 2. The van der Waals surface area contributed by atoms with Crippen LogP contribution in [-0.2, 0) is 7.05 Å². The van der Waals surface area contributed by atoms with Gasteiger partial charge in [-0.1, -0.05) is 11.6 Å². The highest BCUT2D eigenvalue weighted by Crippen LogP contribution is 2.33. The van der Waals surface area contributed by atoms with Crippen LogP contribution >= 0.6 is 11.6 Å². The van der Waals surface area contributed by atoms with E-state index in [1.54, 1.807) is 0 Å². The van der Waals surface area contributed by atoms with Crippen LogP contribution in [-0.4, -0.2) is 26.3 Å². The van der Waals surface area contributed by atoms with Gasteiger partial charge in [0.2, 0.25) is 0 Å². The lowest BCUT2D eigenvalue weighted by molar-refractivity contribution is -0.0415. The van der Waals surface area contributed by atoms with E-state index in [1.165, 1.54) is 0 Å². The minimum atomic E-state index is -0.503. The number of aryl methyl sites for hydroxylation is 1. The maximum atomic E-state index is 9.79. The number of hydrogen-bond donors (Lipinski definition) is 2. The summed E-state index contributed by atoms with van der Waals surface area (Å²) in [7, 11) is 2.01. The van der Waals surface area contributed by atoms with Gasteiger partial charge >= 0.3 is 0 Å². The van der Waals surface area contributed by atoms with E-state index in [9.17, 15) is 5.11 Å². The standard InChI is InChI=1S/C15H20ClN3O/c1-9(17-11-7-15(2,20)8-11)14-18-12-5-4-10(16)6-13(12)19(14)3/h4-6,9,11,17,20H,7-8H2,1-3H3. The first-order valence-electron chi connectivity index (χ1n) is 6.96. The van der Waals surface area contributed by atoms with E-state index in [1.807, 2.05) is 32.2 Å². The highest BCUT2D eigenvalue weighted by Gasteiger charge is 2.39. The summed E-state index contributed by atoms with van der Waals surface area (Å²) in [4.78, 5) is 4.68. The average Bonchev–Trinajstić information content (AvgIpc) is 2.64. The van der Waals surface area contributed by atoms with E-state index >= 15 is 0 Å².